The summed E-state index contributed by atoms with van der Waals surface area (Å²) in [5, 5.41) is 8.95. The maximum absolute atomic E-state index is 12.9. The van der Waals surface area contributed by atoms with Crippen LogP contribution in [0, 0.1) is 17.2 Å². The highest BCUT2D eigenvalue weighted by atomic mass is 16.5. The maximum Gasteiger partial charge on any atom is 0.253 e. The quantitative estimate of drug-likeness (QED) is 0.735. The van der Waals surface area contributed by atoms with Gasteiger partial charge in [-0.05, 0) is 67.3 Å². The summed E-state index contributed by atoms with van der Waals surface area (Å²) < 4.78 is 5.74. The molecule has 0 unspecified atom stereocenters. The molecule has 3 rings (SSSR count). The van der Waals surface area contributed by atoms with E-state index in [1.54, 1.807) is 0 Å². The number of hydrogen-bond acceptors (Lipinski definition) is 4. The van der Waals surface area contributed by atoms with E-state index in [4.69, 9.17) is 10.00 Å². The van der Waals surface area contributed by atoms with Crippen LogP contribution in [0.15, 0.2) is 48.5 Å². The van der Waals surface area contributed by atoms with E-state index in [1.807, 2.05) is 53.4 Å². The van der Waals surface area contributed by atoms with E-state index in [1.165, 1.54) is 0 Å². The number of rotatable bonds is 6. The minimum Gasteiger partial charge on any atom is -0.494 e. The maximum atomic E-state index is 12.9. The lowest BCUT2D eigenvalue weighted by Gasteiger charge is -2.24. The third-order valence-corrected chi connectivity index (χ3v) is 5.21. The topological polar surface area (TPSA) is 56.6 Å². The van der Waals surface area contributed by atoms with Crippen molar-refractivity contribution in [2.24, 2.45) is 5.92 Å². The lowest BCUT2D eigenvalue weighted by molar-refractivity contribution is 0.0767. The Morgan fingerprint density at radius 3 is 2.41 bits per heavy atom. The fourth-order valence-electron chi connectivity index (χ4n) is 3.41. The molecule has 5 heteroatoms. The van der Waals surface area contributed by atoms with Crippen molar-refractivity contribution in [1.29, 1.82) is 5.26 Å². The molecule has 0 aliphatic carbocycles. The van der Waals surface area contributed by atoms with Crippen molar-refractivity contribution in [2.75, 3.05) is 37.7 Å². The second-order valence-electron chi connectivity index (χ2n) is 7.85. The van der Waals surface area contributed by atoms with E-state index < -0.39 is 0 Å². The Balaban J connectivity index is 1.56. The molecule has 1 amide bonds. The lowest BCUT2D eigenvalue weighted by Crippen LogP contribution is -2.35. The molecule has 0 atom stereocenters. The molecule has 5 nitrogen and oxygen atoms in total. The van der Waals surface area contributed by atoms with E-state index in [-0.39, 0.29) is 5.91 Å². The van der Waals surface area contributed by atoms with Gasteiger partial charge in [0.1, 0.15) is 5.75 Å². The number of carbonyl (C=O) groups excluding carboxylic acids is 1. The molecule has 29 heavy (non-hydrogen) atoms. The van der Waals surface area contributed by atoms with Gasteiger partial charge in [-0.15, -0.1) is 0 Å². The second-order valence-corrected chi connectivity index (χ2v) is 7.85. The van der Waals surface area contributed by atoms with Gasteiger partial charge in [0.05, 0.1) is 18.2 Å². The third kappa shape index (κ3) is 5.74. The standard InChI is InChI=1S/C24H29N3O2/c1-19(2)12-17-29-23-10-6-21(7-11-23)24(28)27-14-3-13-26(15-16-27)22-8-4-20(18-25)5-9-22/h4-11,19H,3,12-17H2,1-2H3. The van der Waals surface area contributed by atoms with Crippen molar-refractivity contribution in [3.63, 3.8) is 0 Å². The number of nitriles is 1. The predicted octanol–water partition coefficient (Wildman–Crippen LogP) is 4.34. The van der Waals surface area contributed by atoms with Crippen LogP contribution >= 0.6 is 0 Å². The molecule has 0 N–H and O–H groups in total. The van der Waals surface area contributed by atoms with Gasteiger partial charge in [-0.1, -0.05) is 13.8 Å². The zero-order valence-corrected chi connectivity index (χ0v) is 17.3. The molecule has 0 saturated carbocycles. The first-order chi connectivity index (χ1) is 14.1. The molecule has 0 spiro atoms. The van der Waals surface area contributed by atoms with Crippen LogP contribution in [0.1, 0.15) is 42.6 Å². The zero-order chi connectivity index (χ0) is 20.6. The van der Waals surface area contributed by atoms with Crippen LogP contribution in [-0.2, 0) is 0 Å². The van der Waals surface area contributed by atoms with Gasteiger partial charge in [0, 0.05) is 37.4 Å². The van der Waals surface area contributed by atoms with E-state index in [2.05, 4.69) is 24.8 Å². The Kier molecular flexibility index (Phi) is 7.13. The molecule has 0 radical (unpaired) electrons. The normalized spacial score (nSPS) is 14.4. The Morgan fingerprint density at radius 2 is 1.76 bits per heavy atom. The predicted molar refractivity (Wildman–Crippen MR) is 115 cm³/mol. The van der Waals surface area contributed by atoms with Gasteiger partial charge in [-0.2, -0.15) is 5.26 Å². The summed E-state index contributed by atoms with van der Waals surface area (Å²) in [6.45, 7) is 8.17. The van der Waals surface area contributed by atoms with Gasteiger partial charge in [0.25, 0.3) is 5.91 Å². The summed E-state index contributed by atoms with van der Waals surface area (Å²) in [5.41, 5.74) is 2.46. The van der Waals surface area contributed by atoms with Crippen LogP contribution in [0.5, 0.6) is 5.75 Å². The summed E-state index contributed by atoms with van der Waals surface area (Å²) in [4.78, 5) is 17.1. The molecular formula is C24H29N3O2. The van der Waals surface area contributed by atoms with Gasteiger partial charge in [0.2, 0.25) is 0 Å². The Hall–Kier alpha value is -3.00. The highest BCUT2D eigenvalue weighted by Gasteiger charge is 2.20. The molecule has 2 aromatic rings. The van der Waals surface area contributed by atoms with Crippen LogP contribution in [0.4, 0.5) is 5.69 Å². The molecule has 0 bridgehead atoms. The molecule has 1 fully saturated rings. The highest BCUT2D eigenvalue weighted by Crippen LogP contribution is 2.19. The van der Waals surface area contributed by atoms with Gasteiger partial charge in [-0.25, -0.2) is 0 Å². The molecule has 1 aliphatic heterocycles. The summed E-state index contributed by atoms with van der Waals surface area (Å²) in [6, 6.07) is 17.3. The zero-order valence-electron chi connectivity index (χ0n) is 17.3. The van der Waals surface area contributed by atoms with Gasteiger partial charge in [0.15, 0.2) is 0 Å². The van der Waals surface area contributed by atoms with Crippen LogP contribution < -0.4 is 9.64 Å². The SMILES string of the molecule is CC(C)CCOc1ccc(C(=O)N2CCCN(c3ccc(C#N)cc3)CC2)cc1. The van der Waals surface area contributed by atoms with Crippen LogP contribution in [-0.4, -0.2) is 43.6 Å². The van der Waals surface area contributed by atoms with Gasteiger partial charge >= 0.3 is 0 Å². The molecule has 152 valence electrons. The summed E-state index contributed by atoms with van der Waals surface area (Å²) in [5.74, 6) is 1.49. The second kappa shape index (κ2) is 9.97. The van der Waals surface area contributed by atoms with Crippen LogP contribution in [0.3, 0.4) is 0 Å². The van der Waals surface area contributed by atoms with Crippen molar-refractivity contribution in [3.8, 4) is 11.8 Å². The Morgan fingerprint density at radius 1 is 1.03 bits per heavy atom. The van der Waals surface area contributed by atoms with E-state index in [0.717, 1.165) is 43.9 Å². The number of nitrogens with zero attached hydrogens (tertiary/aromatic N) is 3. The highest BCUT2D eigenvalue weighted by molar-refractivity contribution is 5.94. The summed E-state index contributed by atoms with van der Waals surface area (Å²) in [7, 11) is 0. The first-order valence-corrected chi connectivity index (χ1v) is 10.3. The first-order valence-electron chi connectivity index (χ1n) is 10.3. The van der Waals surface area contributed by atoms with E-state index >= 15 is 0 Å². The lowest BCUT2D eigenvalue weighted by atomic mass is 10.1. The van der Waals surface area contributed by atoms with Gasteiger partial charge < -0.3 is 14.5 Å². The van der Waals surface area contributed by atoms with Crippen LogP contribution in [0.2, 0.25) is 0 Å². The summed E-state index contributed by atoms with van der Waals surface area (Å²) >= 11 is 0. The average Bonchev–Trinajstić information content (AvgIpc) is 3.00. The first kappa shape index (κ1) is 20.7. The minimum atomic E-state index is 0.0698. The number of carbonyl (C=O) groups is 1. The van der Waals surface area contributed by atoms with Crippen molar-refractivity contribution in [2.45, 2.75) is 26.7 Å². The smallest absolute Gasteiger partial charge is 0.253 e. The molecule has 1 aliphatic rings. The Bertz CT molecular complexity index is 838. The summed E-state index contributed by atoms with van der Waals surface area (Å²) in [6.07, 6.45) is 1.94. The molecule has 0 aromatic heterocycles. The molecular weight excluding hydrogens is 362 g/mol. The Labute approximate surface area is 173 Å². The average molecular weight is 392 g/mol. The fourth-order valence-corrected chi connectivity index (χ4v) is 3.41. The molecule has 1 heterocycles. The van der Waals surface area contributed by atoms with E-state index in [9.17, 15) is 4.79 Å². The third-order valence-electron chi connectivity index (χ3n) is 5.21. The molecule has 1 saturated heterocycles. The minimum absolute atomic E-state index is 0.0698. The number of ether oxygens (including phenoxy) is 1. The fraction of sp³-hybridized carbons (Fsp3) is 0.417. The largest absolute Gasteiger partial charge is 0.494 e. The number of hydrogen-bond donors (Lipinski definition) is 0. The van der Waals surface area contributed by atoms with E-state index in [0.29, 0.717) is 30.2 Å². The molecule has 2 aromatic carbocycles. The number of amides is 1. The van der Waals surface area contributed by atoms with Crippen molar-refractivity contribution >= 4 is 11.6 Å². The van der Waals surface area contributed by atoms with Crippen LogP contribution in [0.25, 0.3) is 0 Å². The van der Waals surface area contributed by atoms with Crippen molar-refractivity contribution in [3.05, 3.63) is 59.7 Å². The monoisotopic (exact) mass is 391 g/mol. The van der Waals surface area contributed by atoms with Crippen molar-refractivity contribution < 1.29 is 9.53 Å². The van der Waals surface area contributed by atoms with Gasteiger partial charge in [-0.3, -0.25) is 4.79 Å². The number of anilines is 1. The van der Waals surface area contributed by atoms with Crippen molar-refractivity contribution in [1.82, 2.24) is 4.90 Å². The number of benzene rings is 2.